The van der Waals surface area contributed by atoms with Crippen LogP contribution in [0.15, 0.2) is 18.5 Å². The second kappa shape index (κ2) is 4.19. The third-order valence-electron chi connectivity index (χ3n) is 1.91. The average Bonchev–Trinajstić information content (AvgIpc) is 2.40. The smallest absolute Gasteiger partial charge is 0.00374 e. The number of rotatable bonds is 4. The minimum Gasteiger partial charge on any atom is -0.367 e. The number of aromatic amines is 1. The molecule has 11 heavy (non-hydrogen) atoms. The monoisotopic (exact) mass is 152 g/mol. The lowest BCUT2D eigenvalue weighted by molar-refractivity contribution is 0.539. The first-order valence-corrected chi connectivity index (χ1v) is 4.14. The Kier molecular flexibility index (Phi) is 3.17. The van der Waals surface area contributed by atoms with Gasteiger partial charge in [0.25, 0.3) is 0 Å². The zero-order chi connectivity index (χ0) is 8.10. The summed E-state index contributed by atoms with van der Waals surface area (Å²) in [5.41, 5.74) is 6.83. The van der Waals surface area contributed by atoms with Crippen molar-refractivity contribution in [2.75, 3.05) is 6.54 Å². The zero-order valence-electron chi connectivity index (χ0n) is 7.01. The Hall–Kier alpha value is -0.760. The second-order valence-electron chi connectivity index (χ2n) is 3.11. The fraction of sp³-hybridized carbons (Fsp3) is 0.556. The minimum atomic E-state index is 0.704. The van der Waals surface area contributed by atoms with Gasteiger partial charge in [-0.25, -0.2) is 0 Å². The van der Waals surface area contributed by atoms with Gasteiger partial charge in [0.15, 0.2) is 0 Å². The van der Waals surface area contributed by atoms with Crippen LogP contribution in [-0.2, 0) is 6.42 Å². The summed E-state index contributed by atoms with van der Waals surface area (Å²) >= 11 is 0. The molecule has 1 rings (SSSR count). The summed E-state index contributed by atoms with van der Waals surface area (Å²) in [6.07, 6.45) is 6.27. The van der Waals surface area contributed by atoms with E-state index in [1.54, 1.807) is 0 Å². The molecule has 0 aromatic carbocycles. The summed E-state index contributed by atoms with van der Waals surface area (Å²) < 4.78 is 0. The molecule has 3 N–H and O–H groups in total. The predicted octanol–water partition coefficient (Wildman–Crippen LogP) is 1.54. The highest BCUT2D eigenvalue weighted by atomic mass is 14.6. The molecule has 0 aliphatic rings. The van der Waals surface area contributed by atoms with Crippen LogP contribution in [0.2, 0.25) is 0 Å². The molecule has 0 aliphatic heterocycles. The van der Waals surface area contributed by atoms with Crippen LogP contribution < -0.4 is 5.73 Å². The molecule has 1 unspecified atom stereocenters. The fourth-order valence-corrected chi connectivity index (χ4v) is 1.27. The summed E-state index contributed by atoms with van der Waals surface area (Å²) in [7, 11) is 0. The Labute approximate surface area is 67.8 Å². The zero-order valence-corrected chi connectivity index (χ0v) is 7.01. The molecule has 0 saturated carbocycles. The van der Waals surface area contributed by atoms with E-state index in [2.05, 4.69) is 18.0 Å². The van der Waals surface area contributed by atoms with Crippen molar-refractivity contribution in [2.45, 2.75) is 19.8 Å². The number of hydrogen-bond donors (Lipinski definition) is 2. The molecule has 2 heteroatoms. The molecule has 0 saturated heterocycles. The van der Waals surface area contributed by atoms with Crippen molar-refractivity contribution in [1.82, 2.24) is 4.98 Å². The molecule has 1 heterocycles. The number of nitrogens with one attached hydrogen (secondary N) is 1. The Morgan fingerprint density at radius 1 is 1.64 bits per heavy atom. The Morgan fingerprint density at radius 3 is 3.00 bits per heavy atom. The Balaban J connectivity index is 2.31. The first-order valence-electron chi connectivity index (χ1n) is 4.14. The molecule has 1 aromatic heterocycles. The summed E-state index contributed by atoms with van der Waals surface area (Å²) in [4.78, 5) is 3.05. The van der Waals surface area contributed by atoms with E-state index in [9.17, 15) is 0 Å². The summed E-state index contributed by atoms with van der Waals surface area (Å²) in [5, 5.41) is 0. The molecule has 0 bridgehead atoms. The van der Waals surface area contributed by atoms with Gasteiger partial charge in [-0.2, -0.15) is 0 Å². The maximum Gasteiger partial charge on any atom is 0.00374 e. The van der Waals surface area contributed by atoms with Crippen LogP contribution in [0.3, 0.4) is 0 Å². The quantitative estimate of drug-likeness (QED) is 0.675. The van der Waals surface area contributed by atoms with E-state index in [0.717, 1.165) is 19.4 Å². The number of aromatic nitrogens is 1. The highest BCUT2D eigenvalue weighted by Crippen LogP contribution is 2.09. The summed E-state index contributed by atoms with van der Waals surface area (Å²) in [6.45, 7) is 3.03. The van der Waals surface area contributed by atoms with Crippen molar-refractivity contribution in [2.24, 2.45) is 11.7 Å². The molecule has 2 nitrogen and oxygen atoms in total. The molecular formula is C9H16N2. The van der Waals surface area contributed by atoms with Gasteiger partial charge in [0.05, 0.1) is 0 Å². The Bertz CT molecular complexity index is 179. The van der Waals surface area contributed by atoms with Crippen molar-refractivity contribution < 1.29 is 0 Å². The highest BCUT2D eigenvalue weighted by molar-refractivity contribution is 5.08. The molecule has 1 aromatic rings. The highest BCUT2D eigenvalue weighted by Gasteiger charge is 2.01. The van der Waals surface area contributed by atoms with Gasteiger partial charge in [-0.3, -0.25) is 0 Å². The van der Waals surface area contributed by atoms with Gasteiger partial charge < -0.3 is 10.7 Å². The van der Waals surface area contributed by atoms with Gasteiger partial charge in [0.2, 0.25) is 0 Å². The predicted molar refractivity (Wildman–Crippen MR) is 47.3 cm³/mol. The normalized spacial score (nSPS) is 13.3. The molecule has 0 amide bonds. The number of nitrogens with two attached hydrogens (primary N) is 1. The maximum absolute atomic E-state index is 5.45. The van der Waals surface area contributed by atoms with Crippen molar-refractivity contribution in [3.05, 3.63) is 24.0 Å². The lowest BCUT2D eigenvalue weighted by atomic mass is 10.0. The van der Waals surface area contributed by atoms with Crippen molar-refractivity contribution >= 4 is 0 Å². The van der Waals surface area contributed by atoms with Crippen LogP contribution in [-0.4, -0.2) is 11.5 Å². The van der Waals surface area contributed by atoms with Gasteiger partial charge in [0.1, 0.15) is 0 Å². The van der Waals surface area contributed by atoms with E-state index >= 15 is 0 Å². The molecule has 62 valence electrons. The van der Waals surface area contributed by atoms with Crippen LogP contribution in [0, 0.1) is 5.92 Å². The fourth-order valence-electron chi connectivity index (χ4n) is 1.27. The SMILES string of the molecule is CC(CCN)Cc1cc[nH]c1. The first kappa shape index (κ1) is 8.34. The van der Waals surface area contributed by atoms with E-state index in [1.165, 1.54) is 5.56 Å². The van der Waals surface area contributed by atoms with Crippen LogP contribution in [0.1, 0.15) is 18.9 Å². The standard InChI is InChI=1S/C9H16N2/c1-8(2-4-10)6-9-3-5-11-7-9/h3,5,7-8,11H,2,4,6,10H2,1H3. The van der Waals surface area contributed by atoms with Crippen LogP contribution in [0.25, 0.3) is 0 Å². The lowest BCUT2D eigenvalue weighted by Crippen LogP contribution is -2.07. The molecular weight excluding hydrogens is 136 g/mol. The van der Waals surface area contributed by atoms with Crippen LogP contribution in [0.4, 0.5) is 0 Å². The topological polar surface area (TPSA) is 41.8 Å². The number of H-pyrrole nitrogens is 1. The second-order valence-corrected chi connectivity index (χ2v) is 3.11. The van der Waals surface area contributed by atoms with Gasteiger partial charge in [-0.05, 0) is 36.9 Å². The number of hydrogen-bond acceptors (Lipinski definition) is 1. The van der Waals surface area contributed by atoms with Crippen molar-refractivity contribution in [3.63, 3.8) is 0 Å². The average molecular weight is 152 g/mol. The van der Waals surface area contributed by atoms with Crippen molar-refractivity contribution in [3.8, 4) is 0 Å². The maximum atomic E-state index is 5.45. The lowest BCUT2D eigenvalue weighted by Gasteiger charge is -2.06. The molecule has 0 aliphatic carbocycles. The van der Waals surface area contributed by atoms with E-state index in [-0.39, 0.29) is 0 Å². The van der Waals surface area contributed by atoms with Crippen molar-refractivity contribution in [1.29, 1.82) is 0 Å². The Morgan fingerprint density at radius 2 is 2.45 bits per heavy atom. The van der Waals surface area contributed by atoms with E-state index < -0.39 is 0 Å². The first-order chi connectivity index (χ1) is 5.33. The minimum absolute atomic E-state index is 0.704. The molecule has 0 fully saturated rings. The molecule has 1 atom stereocenters. The van der Waals surface area contributed by atoms with Gasteiger partial charge in [-0.15, -0.1) is 0 Å². The summed E-state index contributed by atoms with van der Waals surface area (Å²) in [6, 6.07) is 2.12. The van der Waals surface area contributed by atoms with Gasteiger partial charge in [0, 0.05) is 12.4 Å². The summed E-state index contributed by atoms with van der Waals surface area (Å²) in [5.74, 6) is 0.704. The van der Waals surface area contributed by atoms with Crippen LogP contribution >= 0.6 is 0 Å². The molecule has 0 spiro atoms. The van der Waals surface area contributed by atoms with E-state index in [4.69, 9.17) is 5.73 Å². The third-order valence-corrected chi connectivity index (χ3v) is 1.91. The third kappa shape index (κ3) is 2.76. The van der Waals surface area contributed by atoms with E-state index in [0.29, 0.717) is 5.92 Å². The molecule has 0 radical (unpaired) electrons. The van der Waals surface area contributed by atoms with Gasteiger partial charge >= 0.3 is 0 Å². The van der Waals surface area contributed by atoms with Crippen LogP contribution in [0.5, 0.6) is 0 Å². The van der Waals surface area contributed by atoms with E-state index in [1.807, 2.05) is 12.4 Å². The van der Waals surface area contributed by atoms with Gasteiger partial charge in [-0.1, -0.05) is 6.92 Å². The largest absolute Gasteiger partial charge is 0.367 e.